The molecule has 34 heavy (non-hydrogen) atoms. The van der Waals surface area contributed by atoms with Crippen LogP contribution in [0.4, 0.5) is 10.3 Å². The van der Waals surface area contributed by atoms with E-state index in [1.54, 1.807) is 41.4 Å². The smallest absolute Gasteiger partial charge is 0.259 e. The maximum Gasteiger partial charge on any atom is 0.259 e. The van der Waals surface area contributed by atoms with Crippen LogP contribution in [-0.2, 0) is 15.0 Å². The van der Waals surface area contributed by atoms with E-state index < -0.39 is 23.3 Å². The van der Waals surface area contributed by atoms with Crippen LogP contribution in [-0.4, -0.2) is 65.0 Å². The van der Waals surface area contributed by atoms with Crippen molar-refractivity contribution in [3.63, 3.8) is 0 Å². The summed E-state index contributed by atoms with van der Waals surface area (Å²) in [6, 6.07) is 8.05. The third kappa shape index (κ3) is 3.24. The molecule has 0 saturated carbocycles. The standard InChI is InChI=1S/C23H20ClFN4O4S/c24-13-3-1-2-12(6-13)16(7-30)29-21(31)17-18(25)19(34-20(17)23(29)10-33-11-23)15-4-5-26-22(28-15)27-14-8-32-9-14/h1-6,14,16,30H,7-11H2,(H,26,27,28). The molecule has 0 radical (unpaired) electrons. The van der Waals surface area contributed by atoms with E-state index in [9.17, 15) is 9.90 Å². The van der Waals surface area contributed by atoms with E-state index in [-0.39, 0.29) is 36.3 Å². The number of nitrogens with zero attached hydrogens (tertiary/aromatic N) is 3. The second-order valence-corrected chi connectivity index (χ2v) is 10.0. The van der Waals surface area contributed by atoms with Crippen molar-refractivity contribution in [2.75, 3.05) is 38.4 Å². The van der Waals surface area contributed by atoms with Gasteiger partial charge in [0.25, 0.3) is 5.91 Å². The quantitative estimate of drug-likeness (QED) is 0.534. The van der Waals surface area contributed by atoms with Gasteiger partial charge in [-0.25, -0.2) is 14.4 Å². The van der Waals surface area contributed by atoms with E-state index in [0.717, 1.165) is 0 Å². The highest BCUT2D eigenvalue weighted by Gasteiger charge is 2.60. The number of thiophene rings is 1. The summed E-state index contributed by atoms with van der Waals surface area (Å²) in [5.41, 5.74) is 0.252. The molecule has 176 valence electrons. The molecule has 1 unspecified atom stereocenters. The Labute approximate surface area is 203 Å². The minimum atomic E-state index is -0.844. The van der Waals surface area contributed by atoms with Gasteiger partial charge >= 0.3 is 0 Å². The summed E-state index contributed by atoms with van der Waals surface area (Å²) < 4.78 is 26.5. The molecule has 1 aromatic carbocycles. The van der Waals surface area contributed by atoms with Gasteiger partial charge in [0.1, 0.15) is 5.54 Å². The van der Waals surface area contributed by atoms with Gasteiger partial charge in [-0.05, 0) is 23.8 Å². The summed E-state index contributed by atoms with van der Waals surface area (Å²) in [6.45, 7) is 1.26. The van der Waals surface area contributed by atoms with Crippen molar-refractivity contribution < 1.29 is 23.8 Å². The predicted molar refractivity (Wildman–Crippen MR) is 123 cm³/mol. The Hall–Kier alpha value is -2.63. The number of anilines is 1. The predicted octanol–water partition coefficient (Wildman–Crippen LogP) is 3.22. The fourth-order valence-electron chi connectivity index (χ4n) is 4.63. The lowest BCUT2D eigenvalue weighted by Crippen LogP contribution is -2.58. The molecular formula is C23H20ClFN4O4S. The minimum absolute atomic E-state index is 0.0179. The summed E-state index contributed by atoms with van der Waals surface area (Å²) >= 11 is 7.35. The molecule has 2 N–H and O–H groups in total. The zero-order chi connectivity index (χ0) is 23.4. The number of hydrogen-bond donors (Lipinski definition) is 2. The van der Waals surface area contributed by atoms with Gasteiger partial charge in [-0.1, -0.05) is 23.7 Å². The number of carbonyl (C=O) groups is 1. The van der Waals surface area contributed by atoms with Crippen molar-refractivity contribution in [2.45, 2.75) is 17.6 Å². The average Bonchev–Trinajstić information content (AvgIpc) is 3.24. The van der Waals surface area contributed by atoms with E-state index in [0.29, 0.717) is 40.3 Å². The van der Waals surface area contributed by atoms with E-state index in [2.05, 4.69) is 15.3 Å². The average molecular weight is 503 g/mol. The Morgan fingerprint density at radius 2 is 2.15 bits per heavy atom. The number of aromatic nitrogens is 2. The van der Waals surface area contributed by atoms with Gasteiger partial charge in [-0.15, -0.1) is 11.3 Å². The number of aliphatic hydroxyl groups excluding tert-OH is 1. The lowest BCUT2D eigenvalue weighted by Gasteiger charge is -2.48. The zero-order valence-corrected chi connectivity index (χ0v) is 19.4. The van der Waals surface area contributed by atoms with Crippen LogP contribution in [0.2, 0.25) is 5.02 Å². The molecule has 3 aliphatic rings. The first kappa shape index (κ1) is 21.9. The summed E-state index contributed by atoms with van der Waals surface area (Å²) in [5, 5.41) is 13.9. The zero-order valence-electron chi connectivity index (χ0n) is 17.8. The van der Waals surface area contributed by atoms with Gasteiger partial charge in [0.15, 0.2) is 5.82 Å². The third-order valence-corrected chi connectivity index (χ3v) is 8.04. The highest BCUT2D eigenvalue weighted by Crippen LogP contribution is 2.54. The monoisotopic (exact) mass is 502 g/mol. The number of benzene rings is 1. The normalized spacial score (nSPS) is 19.6. The number of aliphatic hydroxyl groups is 1. The first-order valence-electron chi connectivity index (χ1n) is 10.8. The number of amides is 1. The Balaban J connectivity index is 1.39. The first-order valence-corrected chi connectivity index (χ1v) is 12.0. The van der Waals surface area contributed by atoms with Crippen molar-refractivity contribution in [3.8, 4) is 10.6 Å². The topological polar surface area (TPSA) is 96.8 Å². The molecule has 8 nitrogen and oxygen atoms in total. The maximum absolute atomic E-state index is 15.8. The molecule has 0 aliphatic carbocycles. The van der Waals surface area contributed by atoms with Crippen LogP contribution >= 0.6 is 22.9 Å². The Morgan fingerprint density at radius 1 is 1.32 bits per heavy atom. The summed E-state index contributed by atoms with van der Waals surface area (Å²) in [5.74, 6) is -0.704. The number of halogens is 2. The van der Waals surface area contributed by atoms with Crippen molar-refractivity contribution in [1.82, 2.24) is 14.9 Å². The highest BCUT2D eigenvalue weighted by molar-refractivity contribution is 7.16. The molecular weight excluding hydrogens is 483 g/mol. The lowest BCUT2D eigenvalue weighted by atomic mass is 9.92. The number of carbonyl (C=O) groups excluding carboxylic acids is 1. The van der Waals surface area contributed by atoms with Crippen LogP contribution in [0.25, 0.3) is 10.6 Å². The highest BCUT2D eigenvalue weighted by atomic mass is 35.5. The van der Waals surface area contributed by atoms with Gasteiger partial charge in [-0.2, -0.15) is 0 Å². The van der Waals surface area contributed by atoms with Crippen LogP contribution < -0.4 is 5.32 Å². The van der Waals surface area contributed by atoms with E-state index >= 15 is 4.39 Å². The van der Waals surface area contributed by atoms with Crippen LogP contribution in [0.15, 0.2) is 36.5 Å². The molecule has 1 atom stereocenters. The maximum atomic E-state index is 15.8. The first-order chi connectivity index (χ1) is 16.5. The summed E-state index contributed by atoms with van der Waals surface area (Å²) in [6.07, 6.45) is 1.56. The molecule has 1 amide bonds. The van der Waals surface area contributed by atoms with Crippen molar-refractivity contribution >= 4 is 34.8 Å². The molecule has 1 spiro atoms. The number of nitrogens with one attached hydrogen (secondary N) is 1. The van der Waals surface area contributed by atoms with Gasteiger partial charge in [0, 0.05) is 11.2 Å². The second-order valence-electron chi connectivity index (χ2n) is 8.55. The van der Waals surface area contributed by atoms with E-state index in [1.165, 1.54) is 11.3 Å². The van der Waals surface area contributed by atoms with Gasteiger partial charge in [0.2, 0.25) is 5.95 Å². The number of ether oxygens (including phenoxy) is 2. The van der Waals surface area contributed by atoms with E-state index in [1.807, 2.05) is 0 Å². The van der Waals surface area contributed by atoms with Crippen molar-refractivity contribution in [2.24, 2.45) is 0 Å². The Morgan fingerprint density at radius 3 is 2.79 bits per heavy atom. The molecule has 2 saturated heterocycles. The number of hydrogen-bond acceptors (Lipinski definition) is 8. The molecule has 0 bridgehead atoms. The van der Waals surface area contributed by atoms with Crippen molar-refractivity contribution in [3.05, 3.63) is 63.4 Å². The third-order valence-electron chi connectivity index (χ3n) is 6.43. The van der Waals surface area contributed by atoms with Crippen LogP contribution in [0.3, 0.4) is 0 Å². The van der Waals surface area contributed by atoms with Crippen LogP contribution in [0.5, 0.6) is 0 Å². The second kappa shape index (κ2) is 8.24. The summed E-state index contributed by atoms with van der Waals surface area (Å²) in [4.78, 5) is 24.7. The summed E-state index contributed by atoms with van der Waals surface area (Å²) in [7, 11) is 0. The molecule has 5 heterocycles. The van der Waals surface area contributed by atoms with Crippen LogP contribution in [0, 0.1) is 5.82 Å². The van der Waals surface area contributed by atoms with Gasteiger partial charge in [0.05, 0.1) is 66.1 Å². The van der Waals surface area contributed by atoms with Crippen LogP contribution in [0.1, 0.15) is 26.8 Å². The van der Waals surface area contributed by atoms with Crippen molar-refractivity contribution in [1.29, 1.82) is 0 Å². The molecule has 2 fully saturated rings. The minimum Gasteiger partial charge on any atom is -0.394 e. The van der Waals surface area contributed by atoms with Gasteiger partial charge < -0.3 is 24.8 Å². The SMILES string of the molecule is O=C1c2c(sc(-c3ccnc(NC4COC4)n3)c2F)C2(COC2)N1C(CO)c1cccc(Cl)c1. The number of fused-ring (bicyclic) bond motifs is 2. The molecule has 2 aromatic heterocycles. The number of rotatable bonds is 6. The molecule has 3 aliphatic heterocycles. The molecule has 3 aromatic rings. The fraction of sp³-hybridized carbons (Fsp3) is 0.348. The molecule has 6 rings (SSSR count). The Bertz CT molecular complexity index is 1280. The largest absolute Gasteiger partial charge is 0.394 e. The fourth-order valence-corrected chi connectivity index (χ4v) is 6.13. The van der Waals surface area contributed by atoms with E-state index in [4.69, 9.17) is 21.1 Å². The van der Waals surface area contributed by atoms with Gasteiger partial charge in [-0.3, -0.25) is 4.79 Å². The lowest BCUT2D eigenvalue weighted by molar-refractivity contribution is -0.139. The Kier molecular flexibility index (Phi) is 5.30. The molecule has 11 heteroatoms.